The summed E-state index contributed by atoms with van der Waals surface area (Å²) in [5.41, 5.74) is 0.309. The number of aryl methyl sites for hydroxylation is 1. The molecule has 0 aliphatic carbocycles. The summed E-state index contributed by atoms with van der Waals surface area (Å²) in [4.78, 5) is 46.1. The van der Waals surface area contributed by atoms with Crippen LogP contribution in [0.4, 0.5) is 5.69 Å². The van der Waals surface area contributed by atoms with Crippen molar-refractivity contribution in [2.45, 2.75) is 0 Å². The fourth-order valence-electron chi connectivity index (χ4n) is 1.82. The van der Waals surface area contributed by atoms with Gasteiger partial charge in [0.25, 0.3) is 11.5 Å². The lowest BCUT2D eigenvalue weighted by Crippen LogP contribution is -2.24. The topological polar surface area (TPSA) is 117 Å². The molecule has 1 amide bonds. The number of nitrogens with one attached hydrogen (secondary N) is 1. The first-order valence-corrected chi connectivity index (χ1v) is 7.10. The van der Waals surface area contributed by atoms with Crippen molar-refractivity contribution in [3.8, 4) is 0 Å². The summed E-state index contributed by atoms with van der Waals surface area (Å²) < 4.78 is 10.4. The molecule has 0 unspecified atom stereocenters. The zero-order chi connectivity index (χ0) is 18.4. The Labute approximate surface area is 142 Å². The Hall–Kier alpha value is -3.49. The number of ether oxygens (including phenoxy) is 2. The molecule has 0 aliphatic heterocycles. The zero-order valence-electron chi connectivity index (χ0n) is 13.5. The summed E-state index contributed by atoms with van der Waals surface area (Å²) in [7, 11) is 2.66. The summed E-state index contributed by atoms with van der Waals surface area (Å²) in [6.45, 7) is -0.526. The van der Waals surface area contributed by atoms with E-state index in [9.17, 15) is 19.2 Å². The third-order valence-electron chi connectivity index (χ3n) is 3.09. The van der Waals surface area contributed by atoms with E-state index in [1.54, 1.807) is 0 Å². The number of amides is 1. The van der Waals surface area contributed by atoms with Gasteiger partial charge in [-0.1, -0.05) is 0 Å². The van der Waals surface area contributed by atoms with E-state index in [-0.39, 0.29) is 11.3 Å². The van der Waals surface area contributed by atoms with Crippen LogP contribution in [0.1, 0.15) is 20.8 Å². The van der Waals surface area contributed by atoms with Crippen molar-refractivity contribution >= 4 is 23.5 Å². The molecule has 0 saturated carbocycles. The van der Waals surface area contributed by atoms with Crippen molar-refractivity contribution in [2.24, 2.45) is 7.05 Å². The van der Waals surface area contributed by atoms with Gasteiger partial charge in [-0.3, -0.25) is 9.59 Å². The molecular weight excluding hydrogens is 330 g/mol. The highest BCUT2D eigenvalue weighted by Crippen LogP contribution is 2.10. The van der Waals surface area contributed by atoms with Gasteiger partial charge in [-0.2, -0.15) is 5.10 Å². The zero-order valence-corrected chi connectivity index (χ0v) is 13.5. The monoisotopic (exact) mass is 345 g/mol. The van der Waals surface area contributed by atoms with E-state index in [0.29, 0.717) is 11.3 Å². The Morgan fingerprint density at radius 1 is 1.08 bits per heavy atom. The van der Waals surface area contributed by atoms with E-state index in [2.05, 4.69) is 15.2 Å². The molecule has 25 heavy (non-hydrogen) atoms. The molecule has 0 saturated heterocycles. The molecule has 0 atom stereocenters. The molecule has 0 spiro atoms. The Kier molecular flexibility index (Phi) is 5.62. The maximum absolute atomic E-state index is 11.8. The number of methoxy groups -OCH3 is 1. The molecule has 2 rings (SSSR count). The summed E-state index contributed by atoms with van der Waals surface area (Å²) >= 11 is 0. The summed E-state index contributed by atoms with van der Waals surface area (Å²) in [5.74, 6) is -1.88. The fourth-order valence-corrected chi connectivity index (χ4v) is 1.82. The maximum Gasteiger partial charge on any atom is 0.359 e. The number of rotatable bonds is 5. The summed E-state index contributed by atoms with van der Waals surface area (Å²) in [5, 5.41) is 6.23. The van der Waals surface area contributed by atoms with Crippen LogP contribution in [0.5, 0.6) is 0 Å². The van der Waals surface area contributed by atoms with Crippen LogP contribution in [0.15, 0.2) is 41.2 Å². The minimum Gasteiger partial charge on any atom is -0.465 e. The fraction of sp³-hybridized carbons (Fsp3) is 0.188. The number of esters is 2. The Morgan fingerprint density at radius 3 is 2.36 bits per heavy atom. The van der Waals surface area contributed by atoms with Crippen LogP contribution in [0.3, 0.4) is 0 Å². The van der Waals surface area contributed by atoms with Gasteiger partial charge < -0.3 is 14.8 Å². The second-order valence-corrected chi connectivity index (χ2v) is 4.87. The predicted molar refractivity (Wildman–Crippen MR) is 86.2 cm³/mol. The molecule has 1 heterocycles. The van der Waals surface area contributed by atoms with E-state index in [0.717, 1.165) is 4.68 Å². The molecule has 9 heteroatoms. The van der Waals surface area contributed by atoms with Gasteiger partial charge in [0.2, 0.25) is 0 Å². The van der Waals surface area contributed by atoms with E-state index < -0.39 is 24.5 Å². The second kappa shape index (κ2) is 7.86. The van der Waals surface area contributed by atoms with Gasteiger partial charge in [-0.25, -0.2) is 14.3 Å². The molecule has 0 radical (unpaired) electrons. The molecule has 2 aromatic rings. The lowest BCUT2D eigenvalue weighted by molar-refractivity contribution is -0.119. The van der Waals surface area contributed by atoms with Crippen molar-refractivity contribution in [1.82, 2.24) is 9.78 Å². The third kappa shape index (κ3) is 4.74. The van der Waals surface area contributed by atoms with Gasteiger partial charge in [0, 0.05) is 18.8 Å². The first-order chi connectivity index (χ1) is 11.9. The highest BCUT2D eigenvalue weighted by molar-refractivity contribution is 5.95. The van der Waals surface area contributed by atoms with Crippen LogP contribution in [-0.4, -0.2) is 41.3 Å². The predicted octanol–water partition coefficient (Wildman–Crippen LogP) is 0.362. The van der Waals surface area contributed by atoms with Crippen LogP contribution in [0, 0.1) is 0 Å². The van der Waals surface area contributed by atoms with Crippen LogP contribution in [0.25, 0.3) is 0 Å². The Bertz CT molecular complexity index is 857. The van der Waals surface area contributed by atoms with Gasteiger partial charge in [-0.15, -0.1) is 0 Å². The minimum absolute atomic E-state index is 0.0858. The minimum atomic E-state index is -0.827. The molecule has 1 N–H and O–H groups in total. The highest BCUT2D eigenvalue weighted by Gasteiger charge is 2.13. The normalized spacial score (nSPS) is 10.0. The van der Waals surface area contributed by atoms with E-state index >= 15 is 0 Å². The molecular formula is C16H15N3O6. The molecule has 0 aliphatic rings. The molecule has 130 valence electrons. The number of hydrogen-bond donors (Lipinski definition) is 1. The lowest BCUT2D eigenvalue weighted by atomic mass is 10.2. The van der Waals surface area contributed by atoms with Crippen LogP contribution in [-0.2, 0) is 21.3 Å². The number of benzene rings is 1. The number of aromatic nitrogens is 2. The standard InChI is InChI=1S/C16H15N3O6/c1-19-14(21)8-7-12(18-19)16(23)25-9-13(20)17-11-5-3-10(4-6-11)15(22)24-2/h3-8H,9H2,1-2H3,(H,17,20). The molecule has 1 aromatic carbocycles. The van der Waals surface area contributed by atoms with Crippen molar-refractivity contribution in [2.75, 3.05) is 19.0 Å². The second-order valence-electron chi connectivity index (χ2n) is 4.87. The van der Waals surface area contributed by atoms with Crippen LogP contribution in [0.2, 0.25) is 0 Å². The largest absolute Gasteiger partial charge is 0.465 e. The third-order valence-corrected chi connectivity index (χ3v) is 3.09. The Morgan fingerprint density at radius 2 is 1.76 bits per heavy atom. The van der Waals surface area contributed by atoms with Crippen LogP contribution < -0.4 is 10.9 Å². The quantitative estimate of drug-likeness (QED) is 0.778. The van der Waals surface area contributed by atoms with Crippen molar-refractivity contribution in [3.05, 3.63) is 58.0 Å². The van der Waals surface area contributed by atoms with Gasteiger partial charge in [-0.05, 0) is 30.3 Å². The molecule has 1 aromatic heterocycles. The Balaban J connectivity index is 1.89. The maximum atomic E-state index is 11.8. The number of hydrogen-bond acceptors (Lipinski definition) is 7. The van der Waals surface area contributed by atoms with E-state index in [4.69, 9.17) is 4.74 Å². The average Bonchev–Trinajstić information content (AvgIpc) is 2.62. The SMILES string of the molecule is COC(=O)c1ccc(NC(=O)COC(=O)c2ccc(=O)n(C)n2)cc1. The smallest absolute Gasteiger partial charge is 0.359 e. The first kappa shape index (κ1) is 17.9. The summed E-state index contributed by atoms with van der Waals surface area (Å²) in [6, 6.07) is 8.39. The van der Waals surface area contributed by atoms with E-state index in [1.807, 2.05) is 0 Å². The molecule has 9 nitrogen and oxygen atoms in total. The number of carbonyl (C=O) groups is 3. The van der Waals surface area contributed by atoms with E-state index in [1.165, 1.54) is 50.6 Å². The number of anilines is 1. The highest BCUT2D eigenvalue weighted by atomic mass is 16.5. The molecule has 0 fully saturated rings. The summed E-state index contributed by atoms with van der Waals surface area (Å²) in [6.07, 6.45) is 0. The number of carbonyl (C=O) groups excluding carboxylic acids is 3. The van der Waals surface area contributed by atoms with Crippen molar-refractivity contribution < 1.29 is 23.9 Å². The van der Waals surface area contributed by atoms with Crippen molar-refractivity contribution in [1.29, 1.82) is 0 Å². The molecule has 0 bridgehead atoms. The van der Waals surface area contributed by atoms with Gasteiger partial charge in [0.15, 0.2) is 12.3 Å². The number of nitrogens with zero attached hydrogens (tertiary/aromatic N) is 2. The van der Waals surface area contributed by atoms with Crippen LogP contribution >= 0.6 is 0 Å². The average molecular weight is 345 g/mol. The van der Waals surface area contributed by atoms with Gasteiger partial charge in [0.1, 0.15) is 0 Å². The van der Waals surface area contributed by atoms with Crippen molar-refractivity contribution in [3.63, 3.8) is 0 Å². The first-order valence-electron chi connectivity index (χ1n) is 7.10. The lowest BCUT2D eigenvalue weighted by Gasteiger charge is -2.07. The van der Waals surface area contributed by atoms with Gasteiger partial charge >= 0.3 is 11.9 Å². The van der Waals surface area contributed by atoms with Gasteiger partial charge in [0.05, 0.1) is 12.7 Å².